The monoisotopic (exact) mass is 491 g/mol. The van der Waals surface area contributed by atoms with Gasteiger partial charge >= 0.3 is 6.03 Å². The lowest BCUT2D eigenvalue weighted by Gasteiger charge is -2.10. The van der Waals surface area contributed by atoms with Crippen molar-refractivity contribution in [1.82, 2.24) is 9.29 Å². The zero-order chi connectivity index (χ0) is 22.2. The van der Waals surface area contributed by atoms with Crippen LogP contribution in [0.25, 0.3) is 16.5 Å². The molecule has 2 heterocycles. The number of carbonyl (C=O) groups excluding carboxylic acids is 1. The minimum absolute atomic E-state index is 0.0666. The lowest BCUT2D eigenvalue weighted by Crippen LogP contribution is -2.33. The average Bonchev–Trinajstić information content (AvgIpc) is 3.16. The molecule has 158 valence electrons. The molecule has 4 rings (SSSR count). The summed E-state index contributed by atoms with van der Waals surface area (Å²) in [5, 5.41) is 3.80. The number of anilines is 1. The maximum absolute atomic E-state index is 12.8. The van der Waals surface area contributed by atoms with Gasteiger partial charge in [0.1, 0.15) is 4.21 Å². The van der Waals surface area contributed by atoms with Gasteiger partial charge in [-0.2, -0.15) is 0 Å². The first-order valence-electron chi connectivity index (χ1n) is 8.77. The van der Waals surface area contributed by atoms with Gasteiger partial charge in [0, 0.05) is 27.9 Å². The number of pyridine rings is 1. The van der Waals surface area contributed by atoms with E-state index in [1.165, 1.54) is 16.7 Å². The minimum Gasteiger partial charge on any atom is -0.307 e. The second-order valence-electron chi connectivity index (χ2n) is 6.43. The number of nitrogens with zero attached hydrogens (tertiary/aromatic N) is 1. The van der Waals surface area contributed by atoms with E-state index in [-0.39, 0.29) is 9.77 Å². The SMILES string of the molecule is O=C(Nc1ccc(-n2ccc3ccc(S)cc3c2=O)cc1)NS(=O)(=O)c1ccc(Cl)s1. The lowest BCUT2D eigenvalue weighted by atomic mass is 10.1. The van der Waals surface area contributed by atoms with Gasteiger partial charge in [-0.15, -0.1) is 24.0 Å². The maximum atomic E-state index is 12.8. The lowest BCUT2D eigenvalue weighted by molar-refractivity contribution is 0.256. The van der Waals surface area contributed by atoms with Crippen LogP contribution in [0.2, 0.25) is 4.34 Å². The van der Waals surface area contributed by atoms with Gasteiger partial charge in [0.15, 0.2) is 0 Å². The molecule has 2 aromatic heterocycles. The molecular formula is C20H14ClN3O4S3. The number of sulfonamides is 1. The van der Waals surface area contributed by atoms with Gasteiger partial charge in [0.25, 0.3) is 15.6 Å². The Kier molecular flexibility index (Phi) is 5.80. The van der Waals surface area contributed by atoms with Crippen molar-refractivity contribution in [3.8, 4) is 5.69 Å². The highest BCUT2D eigenvalue weighted by Crippen LogP contribution is 2.25. The first-order valence-corrected chi connectivity index (χ1v) is 11.9. The molecule has 0 aliphatic rings. The molecule has 0 unspecified atom stereocenters. The number of fused-ring (bicyclic) bond motifs is 1. The van der Waals surface area contributed by atoms with Gasteiger partial charge in [0.2, 0.25) is 0 Å². The largest absolute Gasteiger partial charge is 0.333 e. The number of rotatable bonds is 4. The Morgan fingerprint density at radius 1 is 1.03 bits per heavy atom. The highest BCUT2D eigenvalue weighted by molar-refractivity contribution is 7.92. The molecule has 2 aromatic carbocycles. The number of halogens is 1. The standard InChI is InChI=1S/C20H14ClN3O4S3/c21-17-7-8-18(30-17)31(27,28)23-20(26)22-13-2-4-14(5-3-13)24-10-9-12-1-6-15(29)11-16(12)19(24)25/h1-11,29H,(H2,22,23,26). The molecule has 4 aromatic rings. The highest BCUT2D eigenvalue weighted by atomic mass is 35.5. The Bertz CT molecular complexity index is 1460. The molecule has 0 radical (unpaired) electrons. The zero-order valence-electron chi connectivity index (χ0n) is 15.6. The number of hydrogen-bond donors (Lipinski definition) is 3. The van der Waals surface area contributed by atoms with Gasteiger partial charge in [-0.1, -0.05) is 17.7 Å². The Morgan fingerprint density at radius 2 is 1.77 bits per heavy atom. The number of nitrogens with one attached hydrogen (secondary N) is 2. The zero-order valence-corrected chi connectivity index (χ0v) is 18.9. The van der Waals surface area contributed by atoms with Crippen molar-refractivity contribution in [3.05, 3.63) is 81.6 Å². The molecule has 7 nitrogen and oxygen atoms in total. The molecule has 2 amide bonds. The van der Waals surface area contributed by atoms with Crippen LogP contribution < -0.4 is 15.6 Å². The van der Waals surface area contributed by atoms with Gasteiger partial charge in [-0.05, 0) is 60.0 Å². The fraction of sp³-hybridized carbons (Fsp3) is 0. The Morgan fingerprint density at radius 3 is 2.45 bits per heavy atom. The molecule has 11 heteroatoms. The summed E-state index contributed by atoms with van der Waals surface area (Å²) in [4.78, 5) is 25.6. The van der Waals surface area contributed by atoms with Crippen LogP contribution in [0.1, 0.15) is 0 Å². The highest BCUT2D eigenvalue weighted by Gasteiger charge is 2.19. The van der Waals surface area contributed by atoms with Crippen LogP contribution in [0.4, 0.5) is 10.5 Å². The number of thiophene rings is 1. The van der Waals surface area contributed by atoms with E-state index in [2.05, 4.69) is 17.9 Å². The van der Waals surface area contributed by atoms with Crippen molar-refractivity contribution >= 4 is 68.1 Å². The van der Waals surface area contributed by atoms with E-state index in [9.17, 15) is 18.0 Å². The molecule has 0 atom stereocenters. The predicted molar refractivity (Wildman–Crippen MR) is 125 cm³/mol. The van der Waals surface area contributed by atoms with Crippen LogP contribution >= 0.6 is 35.6 Å². The van der Waals surface area contributed by atoms with E-state index < -0.39 is 16.1 Å². The number of carbonyl (C=O) groups is 1. The Labute approximate surface area is 191 Å². The van der Waals surface area contributed by atoms with E-state index in [0.29, 0.717) is 26.0 Å². The van der Waals surface area contributed by atoms with Gasteiger partial charge < -0.3 is 5.32 Å². The summed E-state index contributed by atoms with van der Waals surface area (Å²) >= 11 is 10.9. The smallest absolute Gasteiger partial charge is 0.307 e. The predicted octanol–water partition coefficient (Wildman–Crippen LogP) is 4.50. The molecule has 0 bridgehead atoms. The summed E-state index contributed by atoms with van der Waals surface area (Å²) in [5.74, 6) is 0. The minimum atomic E-state index is -4.02. The third kappa shape index (κ3) is 4.62. The topological polar surface area (TPSA) is 97.3 Å². The van der Waals surface area contributed by atoms with Crippen molar-refractivity contribution in [3.63, 3.8) is 0 Å². The summed E-state index contributed by atoms with van der Waals surface area (Å²) in [7, 11) is -4.02. The van der Waals surface area contributed by atoms with Crippen molar-refractivity contribution in [2.24, 2.45) is 0 Å². The molecular weight excluding hydrogens is 478 g/mol. The number of benzene rings is 2. The third-order valence-electron chi connectivity index (χ3n) is 4.33. The molecule has 2 N–H and O–H groups in total. The van der Waals surface area contributed by atoms with Crippen molar-refractivity contribution in [2.75, 3.05) is 5.32 Å². The van der Waals surface area contributed by atoms with Crippen molar-refractivity contribution < 1.29 is 13.2 Å². The molecule has 0 aliphatic carbocycles. The first-order chi connectivity index (χ1) is 14.7. The number of thiol groups is 1. The van der Waals surface area contributed by atoms with E-state index >= 15 is 0 Å². The van der Waals surface area contributed by atoms with Gasteiger partial charge in [-0.25, -0.2) is 17.9 Å². The van der Waals surface area contributed by atoms with E-state index in [1.54, 1.807) is 36.5 Å². The third-order valence-corrected chi connectivity index (χ3v) is 7.67. The summed E-state index contributed by atoms with van der Waals surface area (Å²) in [6.45, 7) is 0. The fourth-order valence-corrected chi connectivity index (χ4v) is 5.50. The Hall–Kier alpha value is -2.79. The van der Waals surface area contributed by atoms with E-state index in [1.807, 2.05) is 22.9 Å². The quantitative estimate of drug-likeness (QED) is 0.366. The van der Waals surface area contributed by atoms with Gasteiger partial charge in [-0.3, -0.25) is 9.36 Å². The second kappa shape index (κ2) is 8.39. The molecule has 0 spiro atoms. The number of urea groups is 1. The van der Waals surface area contributed by atoms with Crippen LogP contribution in [-0.4, -0.2) is 19.0 Å². The van der Waals surface area contributed by atoms with E-state index in [4.69, 9.17) is 11.6 Å². The molecule has 0 fully saturated rings. The summed E-state index contributed by atoms with van der Waals surface area (Å²) in [6.07, 6.45) is 1.66. The average molecular weight is 492 g/mol. The summed E-state index contributed by atoms with van der Waals surface area (Å²) in [5.41, 5.74) is 0.739. The van der Waals surface area contributed by atoms with Crippen LogP contribution in [0.5, 0.6) is 0 Å². The van der Waals surface area contributed by atoms with Crippen molar-refractivity contribution in [1.29, 1.82) is 0 Å². The van der Waals surface area contributed by atoms with Crippen LogP contribution in [0, 0.1) is 0 Å². The normalized spacial score (nSPS) is 11.4. The summed E-state index contributed by atoms with van der Waals surface area (Å²) in [6, 6.07) is 15.4. The number of hydrogen-bond acceptors (Lipinski definition) is 6. The maximum Gasteiger partial charge on any atom is 0.333 e. The fourth-order valence-electron chi connectivity index (χ4n) is 2.91. The molecule has 0 saturated carbocycles. The molecule has 0 saturated heterocycles. The van der Waals surface area contributed by atoms with E-state index in [0.717, 1.165) is 16.7 Å². The van der Waals surface area contributed by atoms with Gasteiger partial charge in [0.05, 0.1) is 4.34 Å². The summed E-state index contributed by atoms with van der Waals surface area (Å²) < 4.78 is 28.0. The molecule has 31 heavy (non-hydrogen) atoms. The van der Waals surface area contributed by atoms with Crippen LogP contribution in [0.15, 0.2) is 80.8 Å². The number of amides is 2. The van der Waals surface area contributed by atoms with Crippen molar-refractivity contribution in [2.45, 2.75) is 9.10 Å². The molecule has 0 aliphatic heterocycles. The Balaban J connectivity index is 1.52. The van der Waals surface area contributed by atoms with Crippen LogP contribution in [0.3, 0.4) is 0 Å². The first kappa shape index (κ1) is 21.4. The second-order valence-corrected chi connectivity index (χ2v) is 10.6. The number of aromatic nitrogens is 1. The van der Waals surface area contributed by atoms with Crippen LogP contribution in [-0.2, 0) is 10.0 Å².